The first-order valence-corrected chi connectivity index (χ1v) is 10.5. The monoisotopic (exact) mass is 397 g/mol. The fourth-order valence-corrected chi connectivity index (χ4v) is 4.15. The Bertz CT molecular complexity index is 1040. The number of hydrogen-bond acceptors (Lipinski definition) is 4. The van der Waals surface area contributed by atoms with Gasteiger partial charge < -0.3 is 10.3 Å². The highest BCUT2D eigenvalue weighted by atomic mass is 32.1. The summed E-state index contributed by atoms with van der Waals surface area (Å²) >= 11 is 1.58. The molecule has 6 heteroatoms. The average Bonchev–Trinajstić information content (AvgIpc) is 3.05. The normalized spacial score (nSPS) is 12.5. The number of thiazole rings is 1. The van der Waals surface area contributed by atoms with Crippen LogP contribution in [0, 0.1) is 19.8 Å². The molecule has 0 saturated carbocycles. The lowest BCUT2D eigenvalue weighted by molar-refractivity contribution is -0.121. The predicted molar refractivity (Wildman–Crippen MR) is 115 cm³/mol. The lowest BCUT2D eigenvalue weighted by Gasteiger charge is -2.18. The van der Waals surface area contributed by atoms with E-state index in [4.69, 9.17) is 0 Å². The number of carbonyl (C=O) groups is 1. The minimum atomic E-state index is -0.125. The van der Waals surface area contributed by atoms with Crippen LogP contribution in [0.25, 0.3) is 10.9 Å². The van der Waals surface area contributed by atoms with Gasteiger partial charge in [-0.1, -0.05) is 26.0 Å². The summed E-state index contributed by atoms with van der Waals surface area (Å²) in [6, 6.07) is 7.78. The number of fused-ring (bicyclic) bond motifs is 1. The van der Waals surface area contributed by atoms with E-state index in [0.717, 1.165) is 33.6 Å². The molecule has 2 aromatic heterocycles. The van der Waals surface area contributed by atoms with Crippen LogP contribution in [0.5, 0.6) is 0 Å². The fourth-order valence-electron chi connectivity index (χ4n) is 3.29. The van der Waals surface area contributed by atoms with E-state index in [9.17, 15) is 9.59 Å². The second kappa shape index (κ2) is 8.69. The maximum absolute atomic E-state index is 12.6. The van der Waals surface area contributed by atoms with Gasteiger partial charge in [0, 0.05) is 28.6 Å². The van der Waals surface area contributed by atoms with Crippen LogP contribution in [0.2, 0.25) is 0 Å². The van der Waals surface area contributed by atoms with Crippen molar-refractivity contribution in [2.45, 2.75) is 53.0 Å². The number of hydrogen-bond donors (Lipinski definition) is 2. The molecule has 1 unspecified atom stereocenters. The number of aryl methyl sites for hydroxylation is 3. The molecule has 0 fully saturated rings. The highest BCUT2D eigenvalue weighted by molar-refractivity contribution is 7.09. The number of aromatic amines is 1. The summed E-state index contributed by atoms with van der Waals surface area (Å²) in [4.78, 5) is 32.4. The first-order valence-electron chi connectivity index (χ1n) is 9.66. The third-order valence-corrected chi connectivity index (χ3v) is 5.75. The Morgan fingerprint density at radius 1 is 1.25 bits per heavy atom. The van der Waals surface area contributed by atoms with Gasteiger partial charge in [-0.3, -0.25) is 9.59 Å². The number of pyridine rings is 1. The van der Waals surface area contributed by atoms with Gasteiger partial charge in [0.2, 0.25) is 5.91 Å². The Labute approximate surface area is 169 Å². The largest absolute Gasteiger partial charge is 0.347 e. The Kier molecular flexibility index (Phi) is 6.29. The van der Waals surface area contributed by atoms with Gasteiger partial charge in [0.25, 0.3) is 5.56 Å². The molecule has 2 N–H and O–H groups in total. The van der Waals surface area contributed by atoms with E-state index in [1.165, 1.54) is 0 Å². The van der Waals surface area contributed by atoms with E-state index in [1.54, 1.807) is 11.3 Å². The summed E-state index contributed by atoms with van der Waals surface area (Å²) in [7, 11) is 0. The van der Waals surface area contributed by atoms with Crippen molar-refractivity contribution in [3.05, 3.63) is 61.8 Å². The van der Waals surface area contributed by atoms with Crippen molar-refractivity contribution < 1.29 is 4.79 Å². The van der Waals surface area contributed by atoms with Crippen LogP contribution < -0.4 is 10.9 Å². The predicted octanol–water partition coefficient (Wildman–Crippen LogP) is 4.44. The molecule has 0 aliphatic heterocycles. The van der Waals surface area contributed by atoms with Crippen LogP contribution >= 0.6 is 11.3 Å². The SMILES string of the molecule is Cc1ccc2cc(CCC(=O)NC(CC(C)C)c3nc(C)cs3)c(=O)[nH]c2c1. The Morgan fingerprint density at radius 2 is 2.04 bits per heavy atom. The summed E-state index contributed by atoms with van der Waals surface area (Å²) in [5.41, 5.74) is 3.41. The van der Waals surface area contributed by atoms with Crippen LogP contribution in [-0.2, 0) is 11.2 Å². The van der Waals surface area contributed by atoms with Gasteiger partial charge in [0.05, 0.1) is 6.04 Å². The van der Waals surface area contributed by atoms with E-state index in [0.29, 0.717) is 17.9 Å². The molecule has 3 rings (SSSR count). The van der Waals surface area contributed by atoms with Gasteiger partial charge in [-0.15, -0.1) is 11.3 Å². The van der Waals surface area contributed by atoms with E-state index in [2.05, 4.69) is 29.1 Å². The average molecular weight is 398 g/mol. The maximum atomic E-state index is 12.6. The number of amides is 1. The highest BCUT2D eigenvalue weighted by Crippen LogP contribution is 2.24. The molecule has 1 amide bonds. The van der Waals surface area contributed by atoms with Crippen molar-refractivity contribution in [2.24, 2.45) is 5.92 Å². The highest BCUT2D eigenvalue weighted by Gasteiger charge is 2.19. The van der Waals surface area contributed by atoms with Crippen LogP contribution in [0.15, 0.2) is 34.4 Å². The quantitative estimate of drug-likeness (QED) is 0.619. The maximum Gasteiger partial charge on any atom is 0.251 e. The molecular formula is C22H27N3O2S. The number of nitrogens with one attached hydrogen (secondary N) is 2. The number of H-pyrrole nitrogens is 1. The molecule has 1 aromatic carbocycles. The molecule has 148 valence electrons. The smallest absolute Gasteiger partial charge is 0.251 e. The molecule has 0 spiro atoms. The topological polar surface area (TPSA) is 74.8 Å². The summed E-state index contributed by atoms with van der Waals surface area (Å²) in [6.45, 7) is 8.22. The van der Waals surface area contributed by atoms with Crippen LogP contribution in [0.1, 0.15) is 54.6 Å². The fraction of sp³-hybridized carbons (Fsp3) is 0.409. The lowest BCUT2D eigenvalue weighted by atomic mass is 10.0. The molecule has 0 saturated heterocycles. The van der Waals surface area contributed by atoms with Gasteiger partial charge in [0.1, 0.15) is 5.01 Å². The molecular weight excluding hydrogens is 370 g/mol. The van der Waals surface area contributed by atoms with E-state index >= 15 is 0 Å². The zero-order chi connectivity index (χ0) is 20.3. The van der Waals surface area contributed by atoms with Gasteiger partial charge in [-0.05, 0) is 55.7 Å². The third kappa shape index (κ3) is 5.07. The zero-order valence-electron chi connectivity index (χ0n) is 16.8. The molecule has 1 atom stereocenters. The minimum Gasteiger partial charge on any atom is -0.347 e. The van der Waals surface area contributed by atoms with Crippen molar-refractivity contribution in [1.29, 1.82) is 0 Å². The van der Waals surface area contributed by atoms with Gasteiger partial charge in [-0.25, -0.2) is 4.98 Å². The van der Waals surface area contributed by atoms with E-state index in [-0.39, 0.29) is 23.9 Å². The number of aromatic nitrogens is 2. The second-order valence-corrected chi connectivity index (χ2v) is 8.68. The molecule has 0 radical (unpaired) electrons. The van der Waals surface area contributed by atoms with Crippen LogP contribution in [0.4, 0.5) is 0 Å². The van der Waals surface area contributed by atoms with Gasteiger partial charge in [0.15, 0.2) is 0 Å². The third-order valence-electron chi connectivity index (χ3n) is 4.68. The Hall–Kier alpha value is -2.47. The molecule has 5 nitrogen and oxygen atoms in total. The molecule has 0 aliphatic rings. The number of nitrogens with zero attached hydrogens (tertiary/aromatic N) is 1. The van der Waals surface area contributed by atoms with E-state index < -0.39 is 0 Å². The lowest BCUT2D eigenvalue weighted by Crippen LogP contribution is -2.30. The summed E-state index contributed by atoms with van der Waals surface area (Å²) < 4.78 is 0. The van der Waals surface area contributed by atoms with Crippen molar-refractivity contribution in [3.8, 4) is 0 Å². The van der Waals surface area contributed by atoms with Crippen molar-refractivity contribution in [2.75, 3.05) is 0 Å². The molecule has 0 aliphatic carbocycles. The molecule has 0 bridgehead atoms. The molecule has 3 aromatic rings. The molecule has 2 heterocycles. The van der Waals surface area contributed by atoms with Gasteiger partial charge >= 0.3 is 0 Å². The summed E-state index contributed by atoms with van der Waals surface area (Å²) in [5, 5.41) is 7.04. The van der Waals surface area contributed by atoms with Crippen molar-refractivity contribution in [1.82, 2.24) is 15.3 Å². The van der Waals surface area contributed by atoms with Crippen molar-refractivity contribution in [3.63, 3.8) is 0 Å². The second-order valence-electron chi connectivity index (χ2n) is 7.79. The summed E-state index contributed by atoms with van der Waals surface area (Å²) in [5.74, 6) is 0.392. The van der Waals surface area contributed by atoms with Crippen LogP contribution in [-0.4, -0.2) is 15.9 Å². The zero-order valence-corrected chi connectivity index (χ0v) is 17.7. The Morgan fingerprint density at radius 3 is 2.71 bits per heavy atom. The minimum absolute atomic E-state index is 0.0538. The first-order chi connectivity index (χ1) is 13.3. The summed E-state index contributed by atoms with van der Waals surface area (Å²) in [6.07, 6.45) is 1.53. The number of benzene rings is 1. The van der Waals surface area contributed by atoms with Crippen molar-refractivity contribution >= 4 is 28.1 Å². The number of carbonyl (C=O) groups excluding carboxylic acids is 1. The van der Waals surface area contributed by atoms with Crippen LogP contribution in [0.3, 0.4) is 0 Å². The Balaban J connectivity index is 1.68. The van der Waals surface area contributed by atoms with Gasteiger partial charge in [-0.2, -0.15) is 0 Å². The first kappa shape index (κ1) is 20.3. The number of rotatable bonds is 7. The molecule has 28 heavy (non-hydrogen) atoms. The van der Waals surface area contributed by atoms with E-state index in [1.807, 2.05) is 43.5 Å². The standard InChI is InChI=1S/C22H27N3O2S/c1-13(2)9-19(22-23-15(4)12-28-22)24-20(26)8-7-17-11-16-6-5-14(3)10-18(16)25-21(17)27/h5-6,10-13,19H,7-9H2,1-4H3,(H,24,26)(H,25,27).